The Morgan fingerprint density at radius 3 is 2.70 bits per heavy atom. The first-order valence-electron chi connectivity index (χ1n) is 5.88. The number of hydrogen-bond donors (Lipinski definition) is 3. The lowest BCUT2D eigenvalue weighted by molar-refractivity contribution is 0.599. The zero-order valence-electron chi connectivity index (χ0n) is 11.1. The van der Waals surface area contributed by atoms with Crippen LogP contribution < -0.4 is 10.5 Å². The monoisotopic (exact) mass is 358 g/mol. The van der Waals surface area contributed by atoms with Crippen LogP contribution in [0, 0.1) is 13.8 Å². The SMILES string of the molecule is Cc1cc(NS(=O)(=O)c2c(CN)n[nH]c2C)ccc1Br. The summed E-state index contributed by atoms with van der Waals surface area (Å²) in [6.07, 6.45) is 0. The summed E-state index contributed by atoms with van der Waals surface area (Å²) < 4.78 is 28.3. The van der Waals surface area contributed by atoms with Gasteiger partial charge in [0.1, 0.15) is 4.90 Å². The highest BCUT2D eigenvalue weighted by molar-refractivity contribution is 9.10. The van der Waals surface area contributed by atoms with Gasteiger partial charge in [-0.2, -0.15) is 5.10 Å². The first kappa shape index (κ1) is 15.0. The minimum absolute atomic E-state index is 0.0555. The highest BCUT2D eigenvalue weighted by atomic mass is 79.9. The van der Waals surface area contributed by atoms with E-state index in [-0.39, 0.29) is 11.4 Å². The van der Waals surface area contributed by atoms with Crippen molar-refractivity contribution < 1.29 is 8.42 Å². The molecule has 0 bridgehead atoms. The van der Waals surface area contributed by atoms with Crippen LogP contribution in [-0.2, 0) is 16.6 Å². The number of sulfonamides is 1. The molecule has 0 amide bonds. The Labute approximate surface area is 125 Å². The number of aromatic amines is 1. The number of anilines is 1. The van der Waals surface area contributed by atoms with Crippen LogP contribution in [0.2, 0.25) is 0 Å². The molecule has 6 nitrogen and oxygen atoms in total. The Hall–Kier alpha value is -1.38. The predicted octanol–water partition coefficient (Wildman–Crippen LogP) is 2.05. The minimum atomic E-state index is -3.71. The summed E-state index contributed by atoms with van der Waals surface area (Å²) in [5.41, 5.74) is 7.74. The minimum Gasteiger partial charge on any atom is -0.325 e. The lowest BCUT2D eigenvalue weighted by Crippen LogP contribution is -2.16. The van der Waals surface area contributed by atoms with Gasteiger partial charge in [-0.3, -0.25) is 9.82 Å². The third-order valence-corrected chi connectivity index (χ3v) is 5.31. The smallest absolute Gasteiger partial charge is 0.265 e. The fourth-order valence-electron chi connectivity index (χ4n) is 1.88. The number of halogens is 1. The lowest BCUT2D eigenvalue weighted by atomic mass is 10.2. The molecule has 8 heteroatoms. The maximum atomic E-state index is 12.4. The van der Waals surface area contributed by atoms with Crippen molar-refractivity contribution in [2.45, 2.75) is 25.3 Å². The van der Waals surface area contributed by atoms with E-state index in [2.05, 4.69) is 30.8 Å². The highest BCUT2D eigenvalue weighted by Gasteiger charge is 2.23. The van der Waals surface area contributed by atoms with Crippen LogP contribution in [0.3, 0.4) is 0 Å². The molecule has 2 aromatic rings. The average molecular weight is 359 g/mol. The zero-order chi connectivity index (χ0) is 14.9. The molecule has 0 radical (unpaired) electrons. The molecule has 20 heavy (non-hydrogen) atoms. The van der Waals surface area contributed by atoms with Gasteiger partial charge < -0.3 is 5.73 Å². The van der Waals surface area contributed by atoms with Gasteiger partial charge in [-0.05, 0) is 37.6 Å². The molecule has 0 saturated heterocycles. The largest absolute Gasteiger partial charge is 0.325 e. The molecule has 4 N–H and O–H groups in total. The Balaban J connectivity index is 2.40. The number of hydrogen-bond acceptors (Lipinski definition) is 4. The van der Waals surface area contributed by atoms with Crippen LogP contribution in [0.5, 0.6) is 0 Å². The summed E-state index contributed by atoms with van der Waals surface area (Å²) in [6.45, 7) is 3.59. The van der Waals surface area contributed by atoms with Gasteiger partial charge in [0.25, 0.3) is 10.0 Å². The van der Waals surface area contributed by atoms with Gasteiger partial charge in [0.2, 0.25) is 0 Å². The number of nitrogens with one attached hydrogen (secondary N) is 2. The van der Waals surface area contributed by atoms with E-state index in [0.717, 1.165) is 10.0 Å². The summed E-state index contributed by atoms with van der Waals surface area (Å²) in [5.74, 6) is 0. The number of nitrogens with zero attached hydrogens (tertiary/aromatic N) is 1. The van der Waals surface area contributed by atoms with E-state index < -0.39 is 10.0 Å². The maximum Gasteiger partial charge on any atom is 0.265 e. The van der Waals surface area contributed by atoms with Crippen LogP contribution in [0.4, 0.5) is 5.69 Å². The van der Waals surface area contributed by atoms with Crippen molar-refractivity contribution in [1.82, 2.24) is 10.2 Å². The van der Waals surface area contributed by atoms with Crippen molar-refractivity contribution in [3.05, 3.63) is 39.6 Å². The van der Waals surface area contributed by atoms with Crippen molar-refractivity contribution >= 4 is 31.6 Å². The fourth-order valence-corrected chi connectivity index (χ4v) is 3.55. The van der Waals surface area contributed by atoms with E-state index in [0.29, 0.717) is 17.1 Å². The fraction of sp³-hybridized carbons (Fsp3) is 0.250. The van der Waals surface area contributed by atoms with Crippen molar-refractivity contribution in [3.63, 3.8) is 0 Å². The normalized spacial score (nSPS) is 11.6. The number of rotatable bonds is 4. The number of aryl methyl sites for hydroxylation is 2. The molecule has 108 valence electrons. The first-order chi connectivity index (χ1) is 9.35. The number of H-pyrrole nitrogens is 1. The molecule has 2 rings (SSSR count). The van der Waals surface area contributed by atoms with E-state index in [9.17, 15) is 8.42 Å². The molecule has 1 aromatic heterocycles. The Morgan fingerprint density at radius 2 is 2.10 bits per heavy atom. The van der Waals surface area contributed by atoms with Gasteiger partial charge in [0.05, 0.1) is 11.4 Å². The van der Waals surface area contributed by atoms with Gasteiger partial charge in [0, 0.05) is 16.7 Å². The topological polar surface area (TPSA) is 101 Å². The molecule has 0 aliphatic carbocycles. The molecular weight excluding hydrogens is 344 g/mol. The molecule has 0 saturated carbocycles. The van der Waals surface area contributed by atoms with E-state index in [1.54, 1.807) is 25.1 Å². The maximum absolute atomic E-state index is 12.4. The summed E-state index contributed by atoms with van der Waals surface area (Å²) in [6, 6.07) is 5.23. The van der Waals surface area contributed by atoms with Crippen molar-refractivity contribution in [2.24, 2.45) is 5.73 Å². The highest BCUT2D eigenvalue weighted by Crippen LogP contribution is 2.24. The third-order valence-electron chi connectivity index (χ3n) is 2.83. The Kier molecular flexibility index (Phi) is 4.17. The quantitative estimate of drug-likeness (QED) is 0.778. The van der Waals surface area contributed by atoms with E-state index >= 15 is 0 Å². The van der Waals surface area contributed by atoms with E-state index in [1.807, 2.05) is 6.92 Å². The molecule has 0 aliphatic heterocycles. The number of aromatic nitrogens is 2. The second-order valence-corrected chi connectivity index (χ2v) is 6.87. The van der Waals surface area contributed by atoms with Crippen molar-refractivity contribution in [2.75, 3.05) is 4.72 Å². The van der Waals surface area contributed by atoms with E-state index in [1.165, 1.54) is 0 Å². The first-order valence-corrected chi connectivity index (χ1v) is 8.15. The summed E-state index contributed by atoms with van der Waals surface area (Å²) in [4.78, 5) is 0.112. The second kappa shape index (κ2) is 5.55. The third kappa shape index (κ3) is 2.87. The molecule has 0 spiro atoms. The number of benzene rings is 1. The standard InChI is InChI=1S/C12H15BrN4O2S/c1-7-5-9(3-4-10(7)13)17-20(18,19)12-8(2)15-16-11(12)6-14/h3-5,17H,6,14H2,1-2H3,(H,15,16). The van der Waals surface area contributed by atoms with Gasteiger partial charge >= 0.3 is 0 Å². The van der Waals surface area contributed by atoms with Crippen molar-refractivity contribution in [1.29, 1.82) is 0 Å². The van der Waals surface area contributed by atoms with Crippen LogP contribution in [0.1, 0.15) is 17.0 Å². The molecule has 1 aromatic carbocycles. The van der Waals surface area contributed by atoms with Crippen LogP contribution >= 0.6 is 15.9 Å². The van der Waals surface area contributed by atoms with Gasteiger partial charge in [-0.25, -0.2) is 8.42 Å². The van der Waals surface area contributed by atoms with Gasteiger partial charge in [-0.1, -0.05) is 15.9 Å². The molecule has 0 unspecified atom stereocenters. The second-order valence-electron chi connectivity index (χ2n) is 4.40. The van der Waals surface area contributed by atoms with Crippen LogP contribution in [0.15, 0.2) is 27.6 Å². The zero-order valence-corrected chi connectivity index (χ0v) is 13.5. The van der Waals surface area contributed by atoms with Crippen molar-refractivity contribution in [3.8, 4) is 0 Å². The van der Waals surface area contributed by atoms with E-state index in [4.69, 9.17) is 5.73 Å². The molecule has 0 fully saturated rings. The molecule has 1 heterocycles. The molecule has 0 aliphatic rings. The average Bonchev–Trinajstić information content (AvgIpc) is 2.75. The molecule has 0 atom stereocenters. The lowest BCUT2D eigenvalue weighted by Gasteiger charge is -2.10. The van der Waals surface area contributed by atoms with Crippen LogP contribution in [0.25, 0.3) is 0 Å². The predicted molar refractivity (Wildman–Crippen MR) is 80.9 cm³/mol. The number of nitrogens with two attached hydrogens (primary N) is 1. The van der Waals surface area contributed by atoms with Gasteiger partial charge in [0.15, 0.2) is 0 Å². The van der Waals surface area contributed by atoms with Crippen LogP contribution in [-0.4, -0.2) is 18.6 Å². The Morgan fingerprint density at radius 1 is 1.40 bits per heavy atom. The molecular formula is C12H15BrN4O2S. The van der Waals surface area contributed by atoms with Gasteiger partial charge in [-0.15, -0.1) is 0 Å². The summed E-state index contributed by atoms with van der Waals surface area (Å²) in [5, 5.41) is 6.54. The summed E-state index contributed by atoms with van der Waals surface area (Å²) in [7, 11) is -3.71. The Bertz CT molecular complexity index is 740. The summed E-state index contributed by atoms with van der Waals surface area (Å²) >= 11 is 3.37.